The first-order valence-electron chi connectivity index (χ1n) is 7.66. The lowest BCUT2D eigenvalue weighted by atomic mass is 9.81. The standard InChI is InChI=1S/C17H22BrN3O/c1-13-10-14(18)6-7-15(13)20-11-16(22)21(2)17(12-19)8-4-3-5-9-17/h6-7,10,20H,3-5,8-9,11H2,1-2H3. The first-order chi connectivity index (χ1) is 10.5. The van der Waals surface area contributed by atoms with Gasteiger partial charge in [-0.25, -0.2) is 0 Å². The summed E-state index contributed by atoms with van der Waals surface area (Å²) in [6.45, 7) is 2.21. The Hall–Kier alpha value is -1.54. The summed E-state index contributed by atoms with van der Waals surface area (Å²) in [6.07, 6.45) is 4.75. The fourth-order valence-corrected chi connectivity index (χ4v) is 3.49. The Morgan fingerprint density at radius 2 is 2.09 bits per heavy atom. The summed E-state index contributed by atoms with van der Waals surface area (Å²) in [5.74, 6) is -0.0363. The third kappa shape index (κ3) is 3.61. The van der Waals surface area contributed by atoms with Gasteiger partial charge in [0, 0.05) is 17.2 Å². The summed E-state index contributed by atoms with van der Waals surface area (Å²) in [6, 6.07) is 8.29. The zero-order valence-corrected chi connectivity index (χ0v) is 14.7. The number of hydrogen-bond donors (Lipinski definition) is 1. The van der Waals surface area contributed by atoms with Gasteiger partial charge in [0.2, 0.25) is 5.91 Å². The smallest absolute Gasteiger partial charge is 0.242 e. The maximum absolute atomic E-state index is 12.5. The normalized spacial score (nSPS) is 16.6. The molecule has 118 valence electrons. The third-order valence-electron chi connectivity index (χ3n) is 4.52. The van der Waals surface area contributed by atoms with Crippen LogP contribution in [0.3, 0.4) is 0 Å². The predicted octanol–water partition coefficient (Wildman–Crippen LogP) is 3.85. The molecular formula is C17H22BrN3O. The Kier molecular flexibility index (Phi) is 5.47. The Morgan fingerprint density at radius 1 is 1.41 bits per heavy atom. The number of carbonyl (C=O) groups excluding carboxylic acids is 1. The maximum Gasteiger partial charge on any atom is 0.242 e. The zero-order valence-electron chi connectivity index (χ0n) is 13.2. The van der Waals surface area contributed by atoms with E-state index in [2.05, 4.69) is 27.3 Å². The molecule has 0 saturated heterocycles. The second-order valence-corrected chi connectivity index (χ2v) is 6.89. The van der Waals surface area contributed by atoms with Crippen LogP contribution in [0.4, 0.5) is 5.69 Å². The van der Waals surface area contributed by atoms with Crippen molar-refractivity contribution in [3.63, 3.8) is 0 Å². The number of benzene rings is 1. The van der Waals surface area contributed by atoms with Crippen LogP contribution in [0.2, 0.25) is 0 Å². The van der Waals surface area contributed by atoms with Gasteiger partial charge in [0.25, 0.3) is 0 Å². The summed E-state index contributed by atoms with van der Waals surface area (Å²) in [7, 11) is 1.76. The van der Waals surface area contributed by atoms with Crippen molar-refractivity contribution in [1.29, 1.82) is 5.26 Å². The molecule has 1 saturated carbocycles. The SMILES string of the molecule is Cc1cc(Br)ccc1NCC(=O)N(C)C1(C#N)CCCCC1. The summed E-state index contributed by atoms with van der Waals surface area (Å²) in [5, 5.41) is 12.7. The summed E-state index contributed by atoms with van der Waals surface area (Å²) >= 11 is 3.43. The quantitative estimate of drug-likeness (QED) is 0.883. The first kappa shape index (κ1) is 16.8. The van der Waals surface area contributed by atoms with Gasteiger partial charge >= 0.3 is 0 Å². The molecule has 1 amide bonds. The number of carbonyl (C=O) groups is 1. The van der Waals surface area contributed by atoms with Crippen molar-refractivity contribution in [1.82, 2.24) is 4.90 Å². The van der Waals surface area contributed by atoms with Gasteiger partial charge in [-0.05, 0) is 43.5 Å². The van der Waals surface area contributed by atoms with E-state index < -0.39 is 5.54 Å². The van der Waals surface area contributed by atoms with Gasteiger partial charge < -0.3 is 10.2 Å². The van der Waals surface area contributed by atoms with Crippen LogP contribution < -0.4 is 5.32 Å². The van der Waals surface area contributed by atoms with Crippen LogP contribution in [0.25, 0.3) is 0 Å². The van der Waals surface area contributed by atoms with Crippen molar-refractivity contribution < 1.29 is 4.79 Å². The van der Waals surface area contributed by atoms with Crippen molar-refractivity contribution in [2.45, 2.75) is 44.6 Å². The van der Waals surface area contributed by atoms with Gasteiger partial charge in [-0.15, -0.1) is 0 Å². The lowest BCUT2D eigenvalue weighted by Gasteiger charge is -2.39. The van der Waals surface area contributed by atoms with E-state index in [0.29, 0.717) is 0 Å². The molecule has 2 rings (SSSR count). The second-order valence-electron chi connectivity index (χ2n) is 5.97. The van der Waals surface area contributed by atoms with Crippen LogP contribution >= 0.6 is 15.9 Å². The van der Waals surface area contributed by atoms with E-state index >= 15 is 0 Å². The van der Waals surface area contributed by atoms with Crippen LogP contribution in [0.5, 0.6) is 0 Å². The number of aryl methyl sites for hydroxylation is 1. The van der Waals surface area contributed by atoms with Crippen molar-refractivity contribution in [3.8, 4) is 6.07 Å². The molecule has 0 bridgehead atoms. The molecule has 0 spiro atoms. The molecule has 0 aliphatic heterocycles. The van der Waals surface area contributed by atoms with Crippen LogP contribution in [-0.2, 0) is 4.79 Å². The topological polar surface area (TPSA) is 56.1 Å². The van der Waals surface area contributed by atoms with E-state index in [1.54, 1.807) is 11.9 Å². The first-order valence-corrected chi connectivity index (χ1v) is 8.46. The minimum Gasteiger partial charge on any atom is -0.376 e. The molecule has 1 aliphatic rings. The molecule has 22 heavy (non-hydrogen) atoms. The Labute approximate surface area is 140 Å². The monoisotopic (exact) mass is 363 g/mol. The molecule has 1 aromatic rings. The molecule has 1 aliphatic carbocycles. The minimum absolute atomic E-state index is 0.0363. The van der Waals surface area contributed by atoms with Gasteiger partial charge in [-0.1, -0.05) is 35.2 Å². The van der Waals surface area contributed by atoms with Gasteiger partial charge in [0.05, 0.1) is 12.6 Å². The summed E-state index contributed by atoms with van der Waals surface area (Å²) in [5.41, 5.74) is 1.41. The van der Waals surface area contributed by atoms with Crippen LogP contribution in [-0.4, -0.2) is 29.9 Å². The van der Waals surface area contributed by atoms with Crippen molar-refractivity contribution in [3.05, 3.63) is 28.2 Å². The van der Waals surface area contributed by atoms with E-state index in [1.165, 1.54) is 0 Å². The number of amides is 1. The number of nitrogens with zero attached hydrogens (tertiary/aromatic N) is 2. The molecule has 5 heteroatoms. The molecule has 0 radical (unpaired) electrons. The number of hydrogen-bond acceptors (Lipinski definition) is 3. The highest BCUT2D eigenvalue weighted by Gasteiger charge is 2.38. The third-order valence-corrected chi connectivity index (χ3v) is 5.02. The van der Waals surface area contributed by atoms with Gasteiger partial charge in [0.1, 0.15) is 5.54 Å². The predicted molar refractivity (Wildman–Crippen MR) is 91.6 cm³/mol. The number of nitrogens with one attached hydrogen (secondary N) is 1. The highest BCUT2D eigenvalue weighted by atomic mass is 79.9. The molecule has 0 unspecified atom stereocenters. The number of rotatable bonds is 4. The van der Waals surface area contributed by atoms with Crippen LogP contribution in [0.15, 0.2) is 22.7 Å². The Bertz CT molecular complexity index is 588. The van der Waals surface area contributed by atoms with E-state index in [0.717, 1.165) is 47.8 Å². The molecule has 4 nitrogen and oxygen atoms in total. The van der Waals surface area contributed by atoms with Gasteiger partial charge in [-0.3, -0.25) is 4.79 Å². The van der Waals surface area contributed by atoms with Crippen LogP contribution in [0.1, 0.15) is 37.7 Å². The molecule has 1 N–H and O–H groups in total. The molecule has 1 aromatic carbocycles. The number of nitriles is 1. The lowest BCUT2D eigenvalue weighted by molar-refractivity contribution is -0.132. The average molecular weight is 364 g/mol. The largest absolute Gasteiger partial charge is 0.376 e. The van der Waals surface area contributed by atoms with Crippen LogP contribution in [0, 0.1) is 18.3 Å². The Balaban J connectivity index is 2.00. The fraction of sp³-hybridized carbons (Fsp3) is 0.529. The van der Waals surface area contributed by atoms with Gasteiger partial charge in [-0.2, -0.15) is 5.26 Å². The molecule has 0 aromatic heterocycles. The Morgan fingerprint density at radius 3 is 2.68 bits per heavy atom. The molecule has 0 atom stereocenters. The number of likely N-dealkylation sites (N-methyl/N-ethyl adjacent to an activating group) is 1. The average Bonchev–Trinajstić information content (AvgIpc) is 2.53. The van der Waals surface area contributed by atoms with E-state index in [4.69, 9.17) is 0 Å². The van der Waals surface area contributed by atoms with Crippen molar-refractivity contribution in [2.75, 3.05) is 18.9 Å². The zero-order chi connectivity index (χ0) is 16.2. The van der Waals surface area contributed by atoms with Crippen molar-refractivity contribution in [2.24, 2.45) is 0 Å². The molecular weight excluding hydrogens is 342 g/mol. The van der Waals surface area contributed by atoms with E-state index in [9.17, 15) is 10.1 Å². The van der Waals surface area contributed by atoms with E-state index in [1.807, 2.05) is 25.1 Å². The highest BCUT2D eigenvalue weighted by molar-refractivity contribution is 9.10. The number of anilines is 1. The molecule has 1 fully saturated rings. The lowest BCUT2D eigenvalue weighted by Crippen LogP contribution is -2.51. The highest BCUT2D eigenvalue weighted by Crippen LogP contribution is 2.32. The molecule has 0 heterocycles. The summed E-state index contributed by atoms with van der Waals surface area (Å²) in [4.78, 5) is 14.1. The fourth-order valence-electron chi connectivity index (χ4n) is 3.01. The number of halogens is 1. The second kappa shape index (κ2) is 7.15. The van der Waals surface area contributed by atoms with E-state index in [-0.39, 0.29) is 12.5 Å². The van der Waals surface area contributed by atoms with Crippen molar-refractivity contribution >= 4 is 27.5 Å². The van der Waals surface area contributed by atoms with Gasteiger partial charge in [0.15, 0.2) is 0 Å². The summed E-state index contributed by atoms with van der Waals surface area (Å²) < 4.78 is 1.02. The maximum atomic E-state index is 12.5. The minimum atomic E-state index is -0.619.